The zero-order chi connectivity index (χ0) is 15.7. The highest BCUT2D eigenvalue weighted by molar-refractivity contribution is 5.73. The van der Waals surface area contributed by atoms with Crippen LogP contribution >= 0.6 is 0 Å². The topological polar surface area (TPSA) is 12.0 Å². The Morgan fingerprint density at radius 2 is 1.59 bits per heavy atom. The summed E-state index contributed by atoms with van der Waals surface area (Å²) in [5, 5.41) is 3.76. The van der Waals surface area contributed by atoms with Crippen LogP contribution in [0.5, 0.6) is 0 Å². The maximum Gasteiger partial charge on any atom is 0.0541 e. The SMILES string of the molecule is CC1=C(c2ccccc2C)C[C@@H](C)N[C@H]1c1ccc(C)cc1. The Bertz CT molecular complexity index is 694. The summed E-state index contributed by atoms with van der Waals surface area (Å²) in [5.74, 6) is 0. The van der Waals surface area contributed by atoms with Crippen molar-refractivity contribution in [3.63, 3.8) is 0 Å². The van der Waals surface area contributed by atoms with Crippen LogP contribution in [0.2, 0.25) is 0 Å². The van der Waals surface area contributed by atoms with Crippen LogP contribution in [0.15, 0.2) is 54.1 Å². The molecule has 1 heterocycles. The molecule has 1 aliphatic rings. The normalized spacial score (nSPS) is 22.0. The Labute approximate surface area is 134 Å². The van der Waals surface area contributed by atoms with E-state index in [1.165, 1.54) is 33.4 Å². The Morgan fingerprint density at radius 3 is 2.27 bits per heavy atom. The van der Waals surface area contributed by atoms with E-state index >= 15 is 0 Å². The van der Waals surface area contributed by atoms with Crippen molar-refractivity contribution in [1.82, 2.24) is 5.32 Å². The van der Waals surface area contributed by atoms with Gasteiger partial charge in [0.25, 0.3) is 0 Å². The second-order valence-corrected chi connectivity index (χ2v) is 6.59. The third-order valence-electron chi connectivity index (χ3n) is 4.75. The fourth-order valence-corrected chi connectivity index (χ4v) is 3.45. The lowest BCUT2D eigenvalue weighted by Crippen LogP contribution is -2.35. The van der Waals surface area contributed by atoms with Gasteiger partial charge in [-0.05, 0) is 62.0 Å². The summed E-state index contributed by atoms with van der Waals surface area (Å²) in [5.41, 5.74) is 8.42. The van der Waals surface area contributed by atoms with Crippen molar-refractivity contribution in [2.45, 2.75) is 46.2 Å². The van der Waals surface area contributed by atoms with Gasteiger partial charge in [0.15, 0.2) is 0 Å². The molecule has 2 atom stereocenters. The van der Waals surface area contributed by atoms with Crippen LogP contribution in [0.25, 0.3) is 5.57 Å². The predicted octanol–water partition coefficient (Wildman–Crippen LogP) is 5.20. The van der Waals surface area contributed by atoms with Crippen molar-refractivity contribution >= 4 is 5.57 Å². The molecule has 2 aromatic rings. The van der Waals surface area contributed by atoms with Gasteiger partial charge >= 0.3 is 0 Å². The van der Waals surface area contributed by atoms with Crippen molar-refractivity contribution in [1.29, 1.82) is 0 Å². The van der Waals surface area contributed by atoms with Crippen LogP contribution in [-0.2, 0) is 0 Å². The first-order valence-corrected chi connectivity index (χ1v) is 8.14. The lowest BCUT2D eigenvalue weighted by atomic mass is 9.83. The number of hydrogen-bond acceptors (Lipinski definition) is 1. The van der Waals surface area contributed by atoms with Crippen molar-refractivity contribution in [2.75, 3.05) is 0 Å². The van der Waals surface area contributed by atoms with Gasteiger partial charge in [-0.25, -0.2) is 0 Å². The highest BCUT2D eigenvalue weighted by atomic mass is 15.0. The first-order chi connectivity index (χ1) is 10.6. The second kappa shape index (κ2) is 6.10. The lowest BCUT2D eigenvalue weighted by Gasteiger charge is -2.33. The first kappa shape index (κ1) is 15.1. The van der Waals surface area contributed by atoms with Crippen molar-refractivity contribution in [3.05, 3.63) is 76.4 Å². The quantitative estimate of drug-likeness (QED) is 0.802. The molecular weight excluding hydrogens is 266 g/mol. The monoisotopic (exact) mass is 291 g/mol. The molecule has 0 fully saturated rings. The zero-order valence-electron chi connectivity index (χ0n) is 14.0. The van der Waals surface area contributed by atoms with Gasteiger partial charge in [-0.3, -0.25) is 0 Å². The van der Waals surface area contributed by atoms with E-state index < -0.39 is 0 Å². The number of rotatable bonds is 2. The van der Waals surface area contributed by atoms with Gasteiger partial charge in [-0.1, -0.05) is 54.1 Å². The van der Waals surface area contributed by atoms with Gasteiger partial charge < -0.3 is 5.32 Å². The molecule has 1 nitrogen and oxygen atoms in total. The van der Waals surface area contributed by atoms with Gasteiger partial charge in [0.2, 0.25) is 0 Å². The molecule has 3 rings (SSSR count). The summed E-state index contributed by atoms with van der Waals surface area (Å²) in [7, 11) is 0. The summed E-state index contributed by atoms with van der Waals surface area (Å²) >= 11 is 0. The van der Waals surface area contributed by atoms with Gasteiger partial charge in [-0.2, -0.15) is 0 Å². The second-order valence-electron chi connectivity index (χ2n) is 6.59. The maximum atomic E-state index is 3.76. The molecule has 0 saturated heterocycles. The summed E-state index contributed by atoms with van der Waals surface area (Å²) < 4.78 is 0. The van der Waals surface area contributed by atoms with E-state index in [4.69, 9.17) is 0 Å². The van der Waals surface area contributed by atoms with E-state index in [0.717, 1.165) is 6.42 Å². The standard InChI is InChI=1S/C21H25N/c1-14-9-11-18(12-10-14)21-17(4)20(13-16(3)22-21)19-8-6-5-7-15(19)2/h5-12,16,21-22H,13H2,1-4H3/t16-,21-/m1/s1. The molecule has 114 valence electrons. The predicted molar refractivity (Wildman–Crippen MR) is 94.9 cm³/mol. The van der Waals surface area contributed by atoms with Crippen molar-refractivity contribution < 1.29 is 0 Å². The number of nitrogens with one attached hydrogen (secondary N) is 1. The summed E-state index contributed by atoms with van der Waals surface area (Å²) in [6.45, 7) is 8.92. The van der Waals surface area contributed by atoms with E-state index in [-0.39, 0.29) is 0 Å². The molecule has 0 amide bonds. The Morgan fingerprint density at radius 1 is 0.909 bits per heavy atom. The van der Waals surface area contributed by atoms with E-state index in [9.17, 15) is 0 Å². The first-order valence-electron chi connectivity index (χ1n) is 8.14. The molecule has 0 radical (unpaired) electrons. The minimum atomic E-state index is 0.318. The molecule has 22 heavy (non-hydrogen) atoms. The number of benzene rings is 2. The average molecular weight is 291 g/mol. The summed E-state index contributed by atoms with van der Waals surface area (Å²) in [6, 6.07) is 18.5. The molecule has 1 heteroatoms. The third-order valence-corrected chi connectivity index (χ3v) is 4.75. The highest BCUT2D eigenvalue weighted by Gasteiger charge is 2.26. The average Bonchev–Trinajstić information content (AvgIpc) is 2.51. The van der Waals surface area contributed by atoms with Crippen LogP contribution in [-0.4, -0.2) is 6.04 Å². The molecule has 0 spiro atoms. The smallest absolute Gasteiger partial charge is 0.0541 e. The fraction of sp³-hybridized carbons (Fsp3) is 0.333. The molecule has 1 aliphatic heterocycles. The van der Waals surface area contributed by atoms with Crippen LogP contribution in [0.4, 0.5) is 0 Å². The van der Waals surface area contributed by atoms with Crippen LogP contribution in [0, 0.1) is 13.8 Å². The van der Waals surface area contributed by atoms with Gasteiger partial charge in [-0.15, -0.1) is 0 Å². The van der Waals surface area contributed by atoms with Crippen molar-refractivity contribution in [3.8, 4) is 0 Å². The molecule has 0 aromatic heterocycles. The Hall–Kier alpha value is -1.86. The number of hydrogen-bond donors (Lipinski definition) is 1. The Balaban J connectivity index is 2.06. The highest BCUT2D eigenvalue weighted by Crippen LogP contribution is 2.37. The third kappa shape index (κ3) is 2.86. The lowest BCUT2D eigenvalue weighted by molar-refractivity contribution is 0.478. The van der Waals surface area contributed by atoms with Crippen molar-refractivity contribution in [2.24, 2.45) is 0 Å². The minimum absolute atomic E-state index is 0.318. The zero-order valence-corrected chi connectivity index (χ0v) is 14.0. The molecule has 0 saturated carbocycles. The molecule has 0 aliphatic carbocycles. The molecule has 0 unspecified atom stereocenters. The van der Waals surface area contributed by atoms with E-state index in [0.29, 0.717) is 12.1 Å². The Kier molecular flexibility index (Phi) is 4.17. The van der Waals surface area contributed by atoms with Crippen LogP contribution < -0.4 is 5.32 Å². The molecule has 0 bridgehead atoms. The van der Waals surface area contributed by atoms with Gasteiger partial charge in [0.05, 0.1) is 6.04 Å². The molecular formula is C21H25N. The van der Waals surface area contributed by atoms with Crippen LogP contribution in [0.1, 0.15) is 48.6 Å². The minimum Gasteiger partial charge on any atom is -0.304 e. The number of aryl methyl sites for hydroxylation is 2. The van der Waals surface area contributed by atoms with E-state index in [1.54, 1.807) is 0 Å². The van der Waals surface area contributed by atoms with Gasteiger partial charge in [0, 0.05) is 6.04 Å². The summed E-state index contributed by atoms with van der Waals surface area (Å²) in [4.78, 5) is 0. The molecule has 1 N–H and O–H groups in total. The molecule has 2 aromatic carbocycles. The van der Waals surface area contributed by atoms with Crippen LogP contribution in [0.3, 0.4) is 0 Å². The summed E-state index contributed by atoms with van der Waals surface area (Å²) in [6.07, 6.45) is 1.10. The maximum absolute atomic E-state index is 3.76. The van der Waals surface area contributed by atoms with Gasteiger partial charge in [0.1, 0.15) is 0 Å². The van der Waals surface area contributed by atoms with E-state index in [2.05, 4.69) is 81.5 Å². The fourth-order valence-electron chi connectivity index (χ4n) is 3.45. The van der Waals surface area contributed by atoms with E-state index in [1.807, 2.05) is 0 Å². The largest absolute Gasteiger partial charge is 0.304 e.